The zero-order valence-electron chi connectivity index (χ0n) is 16.1. The standard InChI is InChI=1S/C22H18N4O2S2/c1-14-19(30-22(23-14)16-10-6-3-7-11-16)20(28)26-25-18(27)12-17-13-29-21(24-17)15-8-4-2-5-9-15/h2-11,13H,12H2,1H3,(H,25,27)(H,26,28). The average molecular weight is 435 g/mol. The van der Waals surface area contributed by atoms with Gasteiger partial charge in [0.1, 0.15) is 14.9 Å². The highest BCUT2D eigenvalue weighted by Crippen LogP contribution is 2.27. The summed E-state index contributed by atoms with van der Waals surface area (Å²) in [6.45, 7) is 1.78. The fraction of sp³-hybridized carbons (Fsp3) is 0.0909. The molecule has 2 heterocycles. The molecule has 0 bridgehead atoms. The van der Waals surface area contributed by atoms with Gasteiger partial charge in [-0.25, -0.2) is 9.97 Å². The first-order chi connectivity index (χ1) is 14.6. The first kappa shape index (κ1) is 19.9. The third-order valence-corrected chi connectivity index (χ3v) is 6.40. The Balaban J connectivity index is 1.35. The van der Waals surface area contributed by atoms with E-state index in [-0.39, 0.29) is 18.2 Å². The van der Waals surface area contributed by atoms with E-state index in [4.69, 9.17) is 0 Å². The highest BCUT2D eigenvalue weighted by molar-refractivity contribution is 7.17. The molecule has 0 radical (unpaired) electrons. The van der Waals surface area contributed by atoms with E-state index in [1.54, 1.807) is 6.92 Å². The number of aryl methyl sites for hydroxylation is 1. The van der Waals surface area contributed by atoms with Crippen LogP contribution in [-0.2, 0) is 11.2 Å². The summed E-state index contributed by atoms with van der Waals surface area (Å²) < 4.78 is 0. The van der Waals surface area contributed by atoms with Crippen LogP contribution in [0.5, 0.6) is 0 Å². The van der Waals surface area contributed by atoms with Crippen molar-refractivity contribution in [1.29, 1.82) is 0 Å². The second-order valence-electron chi connectivity index (χ2n) is 6.49. The van der Waals surface area contributed by atoms with Crippen LogP contribution in [0.4, 0.5) is 0 Å². The van der Waals surface area contributed by atoms with Crippen LogP contribution < -0.4 is 10.9 Å². The van der Waals surface area contributed by atoms with E-state index in [0.717, 1.165) is 21.1 Å². The molecule has 0 unspecified atom stereocenters. The van der Waals surface area contributed by atoms with Gasteiger partial charge in [-0.2, -0.15) is 0 Å². The number of hydrazine groups is 1. The Kier molecular flexibility index (Phi) is 5.97. The average Bonchev–Trinajstić information content (AvgIpc) is 3.40. The van der Waals surface area contributed by atoms with Crippen molar-refractivity contribution in [2.24, 2.45) is 0 Å². The van der Waals surface area contributed by atoms with Crippen molar-refractivity contribution >= 4 is 34.5 Å². The predicted molar refractivity (Wildman–Crippen MR) is 119 cm³/mol. The van der Waals surface area contributed by atoms with Gasteiger partial charge in [0.2, 0.25) is 5.91 Å². The first-order valence-corrected chi connectivity index (χ1v) is 10.9. The molecule has 0 spiro atoms. The molecule has 4 aromatic rings. The lowest BCUT2D eigenvalue weighted by Gasteiger charge is -2.05. The summed E-state index contributed by atoms with van der Waals surface area (Å²) in [7, 11) is 0. The van der Waals surface area contributed by atoms with Gasteiger partial charge in [0.15, 0.2) is 0 Å². The number of nitrogens with one attached hydrogen (secondary N) is 2. The number of carbonyl (C=O) groups excluding carboxylic acids is 2. The Labute approximate surface area is 181 Å². The van der Waals surface area contributed by atoms with Gasteiger partial charge in [-0.3, -0.25) is 20.4 Å². The molecule has 0 aliphatic carbocycles. The number of hydrogen-bond donors (Lipinski definition) is 2. The van der Waals surface area contributed by atoms with Crippen molar-refractivity contribution in [2.75, 3.05) is 0 Å². The lowest BCUT2D eigenvalue weighted by Crippen LogP contribution is -2.42. The largest absolute Gasteiger partial charge is 0.281 e. The number of hydrogen-bond acceptors (Lipinski definition) is 6. The molecular weight excluding hydrogens is 416 g/mol. The Morgan fingerprint density at radius 2 is 1.50 bits per heavy atom. The van der Waals surface area contributed by atoms with Gasteiger partial charge >= 0.3 is 0 Å². The van der Waals surface area contributed by atoms with Gasteiger partial charge < -0.3 is 0 Å². The van der Waals surface area contributed by atoms with Crippen molar-refractivity contribution in [2.45, 2.75) is 13.3 Å². The van der Waals surface area contributed by atoms with Gasteiger partial charge in [-0.15, -0.1) is 22.7 Å². The highest BCUT2D eigenvalue weighted by atomic mass is 32.1. The van der Waals surface area contributed by atoms with Crippen LogP contribution in [0.1, 0.15) is 21.1 Å². The summed E-state index contributed by atoms with van der Waals surface area (Å²) >= 11 is 2.78. The van der Waals surface area contributed by atoms with E-state index >= 15 is 0 Å². The summed E-state index contributed by atoms with van der Waals surface area (Å²) in [5.41, 5.74) is 8.17. The number of rotatable bonds is 5. The minimum Gasteiger partial charge on any atom is -0.273 e. The molecular formula is C22H18N4O2S2. The van der Waals surface area contributed by atoms with E-state index in [0.29, 0.717) is 16.3 Å². The van der Waals surface area contributed by atoms with Crippen LogP contribution in [0, 0.1) is 6.92 Å². The number of nitrogens with zero attached hydrogens (tertiary/aromatic N) is 2. The monoisotopic (exact) mass is 434 g/mol. The summed E-state index contributed by atoms with van der Waals surface area (Å²) in [5.74, 6) is -0.720. The number of amides is 2. The zero-order valence-corrected chi connectivity index (χ0v) is 17.7. The fourth-order valence-corrected chi connectivity index (χ4v) is 4.60. The molecule has 30 heavy (non-hydrogen) atoms. The molecule has 8 heteroatoms. The van der Waals surface area contributed by atoms with Crippen LogP contribution in [0.2, 0.25) is 0 Å². The molecule has 2 aromatic carbocycles. The number of benzene rings is 2. The maximum Gasteiger partial charge on any atom is 0.281 e. The van der Waals surface area contributed by atoms with Gasteiger partial charge in [0.05, 0.1) is 17.8 Å². The minimum atomic E-state index is -0.385. The second kappa shape index (κ2) is 8.98. The van der Waals surface area contributed by atoms with Crippen LogP contribution in [-0.4, -0.2) is 21.8 Å². The predicted octanol–water partition coefficient (Wildman–Crippen LogP) is 4.25. The molecule has 0 fully saturated rings. The first-order valence-electron chi connectivity index (χ1n) is 9.22. The Bertz CT molecular complexity index is 1170. The van der Waals surface area contributed by atoms with E-state index in [9.17, 15) is 9.59 Å². The van der Waals surface area contributed by atoms with E-state index < -0.39 is 0 Å². The van der Waals surface area contributed by atoms with Gasteiger partial charge in [-0.1, -0.05) is 60.7 Å². The number of carbonyl (C=O) groups is 2. The van der Waals surface area contributed by atoms with E-state index in [1.165, 1.54) is 22.7 Å². The van der Waals surface area contributed by atoms with E-state index in [1.807, 2.05) is 66.0 Å². The highest BCUT2D eigenvalue weighted by Gasteiger charge is 2.17. The summed E-state index contributed by atoms with van der Waals surface area (Å²) in [6.07, 6.45) is 0.0839. The summed E-state index contributed by atoms with van der Waals surface area (Å²) in [5, 5.41) is 3.47. The van der Waals surface area contributed by atoms with Crippen molar-refractivity contribution < 1.29 is 9.59 Å². The summed E-state index contributed by atoms with van der Waals surface area (Å²) in [4.78, 5) is 34.1. The number of thiazole rings is 2. The minimum absolute atomic E-state index is 0.0839. The molecule has 4 rings (SSSR count). The molecule has 0 aliphatic rings. The molecule has 2 N–H and O–H groups in total. The van der Waals surface area contributed by atoms with Crippen molar-refractivity contribution in [3.05, 3.63) is 82.3 Å². The molecule has 0 saturated heterocycles. The SMILES string of the molecule is Cc1nc(-c2ccccc2)sc1C(=O)NNC(=O)Cc1csc(-c2ccccc2)n1. The van der Waals surface area contributed by atoms with Crippen LogP contribution in [0.3, 0.4) is 0 Å². The molecule has 6 nitrogen and oxygen atoms in total. The van der Waals surface area contributed by atoms with Gasteiger partial charge in [0, 0.05) is 16.5 Å². The molecule has 150 valence electrons. The van der Waals surface area contributed by atoms with Crippen LogP contribution >= 0.6 is 22.7 Å². The molecule has 2 aromatic heterocycles. The third-order valence-electron chi connectivity index (χ3n) is 4.25. The lowest BCUT2D eigenvalue weighted by molar-refractivity contribution is -0.121. The lowest BCUT2D eigenvalue weighted by atomic mass is 10.2. The molecule has 0 saturated carbocycles. The summed E-state index contributed by atoms with van der Waals surface area (Å²) in [6, 6.07) is 19.5. The topological polar surface area (TPSA) is 84.0 Å². The van der Waals surface area contributed by atoms with Crippen molar-refractivity contribution in [1.82, 2.24) is 20.8 Å². The maximum atomic E-state index is 12.5. The molecule has 0 atom stereocenters. The third kappa shape index (κ3) is 4.61. The van der Waals surface area contributed by atoms with Gasteiger partial charge in [0.25, 0.3) is 5.91 Å². The van der Waals surface area contributed by atoms with E-state index in [2.05, 4.69) is 20.8 Å². The van der Waals surface area contributed by atoms with Crippen LogP contribution in [0.25, 0.3) is 21.1 Å². The Morgan fingerprint density at radius 1 is 0.867 bits per heavy atom. The van der Waals surface area contributed by atoms with Crippen LogP contribution in [0.15, 0.2) is 66.0 Å². The maximum absolute atomic E-state index is 12.5. The van der Waals surface area contributed by atoms with Gasteiger partial charge in [-0.05, 0) is 6.92 Å². The Morgan fingerprint density at radius 3 is 2.17 bits per heavy atom. The smallest absolute Gasteiger partial charge is 0.273 e. The van der Waals surface area contributed by atoms with Crippen molar-refractivity contribution in [3.8, 4) is 21.1 Å². The zero-order chi connectivity index (χ0) is 20.9. The molecule has 0 aliphatic heterocycles. The fourth-order valence-electron chi connectivity index (χ4n) is 2.80. The molecule has 2 amide bonds. The normalized spacial score (nSPS) is 10.6. The quantitative estimate of drug-likeness (QED) is 0.460. The number of aromatic nitrogens is 2. The Hall–Kier alpha value is -3.36. The second-order valence-corrected chi connectivity index (χ2v) is 8.35. The van der Waals surface area contributed by atoms with Crippen molar-refractivity contribution in [3.63, 3.8) is 0 Å².